The summed E-state index contributed by atoms with van der Waals surface area (Å²) in [5, 5.41) is 3.27. The van der Waals surface area contributed by atoms with Gasteiger partial charge in [0.2, 0.25) is 0 Å². The van der Waals surface area contributed by atoms with Crippen molar-refractivity contribution in [3.8, 4) is 0 Å². The van der Waals surface area contributed by atoms with Crippen LogP contribution >= 0.6 is 15.9 Å². The minimum Gasteiger partial charge on any atom is -0.460 e. The molecule has 1 N–H and O–H groups in total. The molecule has 2 aromatic carbocycles. The molecule has 4 heteroatoms. The Balaban J connectivity index is 1.69. The van der Waals surface area contributed by atoms with E-state index >= 15 is 0 Å². The van der Waals surface area contributed by atoms with Gasteiger partial charge in [-0.1, -0.05) is 52.3 Å². The molecule has 0 radical (unpaired) electrons. The molecule has 21 heavy (non-hydrogen) atoms. The molecule has 1 heterocycles. The van der Waals surface area contributed by atoms with Gasteiger partial charge in [-0.3, -0.25) is 4.79 Å². The average Bonchev–Trinajstić information content (AvgIpc) is 2.52. The van der Waals surface area contributed by atoms with E-state index in [2.05, 4.69) is 27.3 Å². The fraction of sp³-hybridized carbons (Fsp3) is 0.235. The highest BCUT2D eigenvalue weighted by atomic mass is 79.9. The molecule has 0 aromatic heterocycles. The van der Waals surface area contributed by atoms with E-state index in [1.165, 1.54) is 5.56 Å². The predicted molar refractivity (Wildman–Crippen MR) is 84.8 cm³/mol. The molecule has 1 aliphatic heterocycles. The lowest BCUT2D eigenvalue weighted by Gasteiger charge is -2.24. The number of fused-ring (bicyclic) bond motifs is 1. The van der Waals surface area contributed by atoms with Crippen molar-refractivity contribution >= 4 is 21.9 Å². The van der Waals surface area contributed by atoms with Crippen LogP contribution in [0, 0.1) is 0 Å². The number of nitrogens with one attached hydrogen (secondary N) is 1. The third-order valence-corrected chi connectivity index (χ3v) is 4.14. The second kappa shape index (κ2) is 6.41. The maximum Gasteiger partial charge on any atom is 0.315 e. The Labute approximate surface area is 132 Å². The van der Waals surface area contributed by atoms with Crippen LogP contribution in [0.15, 0.2) is 53.0 Å². The lowest BCUT2D eigenvalue weighted by Crippen LogP contribution is -2.33. The number of hydrogen-bond donors (Lipinski definition) is 1. The van der Waals surface area contributed by atoms with E-state index in [1.54, 1.807) is 0 Å². The molecule has 108 valence electrons. The number of halogens is 1. The van der Waals surface area contributed by atoms with Crippen LogP contribution in [0.2, 0.25) is 0 Å². The van der Waals surface area contributed by atoms with E-state index in [0.29, 0.717) is 13.2 Å². The largest absolute Gasteiger partial charge is 0.460 e. The van der Waals surface area contributed by atoms with Gasteiger partial charge in [0.15, 0.2) is 0 Å². The van der Waals surface area contributed by atoms with Crippen LogP contribution in [0.4, 0.5) is 0 Å². The van der Waals surface area contributed by atoms with E-state index < -0.39 is 0 Å². The van der Waals surface area contributed by atoms with Crippen molar-refractivity contribution in [3.63, 3.8) is 0 Å². The van der Waals surface area contributed by atoms with Gasteiger partial charge in [-0.15, -0.1) is 0 Å². The summed E-state index contributed by atoms with van der Waals surface area (Å²) in [5.41, 5.74) is 3.23. The van der Waals surface area contributed by atoms with Crippen molar-refractivity contribution in [2.24, 2.45) is 0 Å². The van der Waals surface area contributed by atoms with Crippen LogP contribution in [-0.4, -0.2) is 12.5 Å². The predicted octanol–water partition coefficient (Wildman–Crippen LogP) is 3.38. The van der Waals surface area contributed by atoms with Crippen molar-refractivity contribution in [3.05, 3.63) is 69.7 Å². The second-order valence-electron chi connectivity index (χ2n) is 5.12. The SMILES string of the molecule is O=C(OCc1cccc(Br)c1)C1CNCc2ccccc21. The van der Waals surface area contributed by atoms with Crippen molar-refractivity contribution in [2.75, 3.05) is 6.54 Å². The summed E-state index contributed by atoms with van der Waals surface area (Å²) in [5.74, 6) is -0.392. The summed E-state index contributed by atoms with van der Waals surface area (Å²) in [6.07, 6.45) is 0. The number of carbonyl (C=O) groups is 1. The summed E-state index contributed by atoms with van der Waals surface area (Å²) >= 11 is 3.42. The molecule has 3 nitrogen and oxygen atoms in total. The van der Waals surface area contributed by atoms with Gasteiger partial charge in [0, 0.05) is 17.6 Å². The first-order chi connectivity index (χ1) is 10.2. The molecule has 0 spiro atoms. The van der Waals surface area contributed by atoms with E-state index in [4.69, 9.17) is 4.74 Å². The lowest BCUT2D eigenvalue weighted by molar-refractivity contribution is -0.146. The first-order valence-corrected chi connectivity index (χ1v) is 7.73. The number of ether oxygens (including phenoxy) is 1. The molecule has 0 saturated carbocycles. The molecular formula is C17H16BrNO2. The zero-order valence-electron chi connectivity index (χ0n) is 11.5. The van der Waals surface area contributed by atoms with E-state index in [0.717, 1.165) is 22.1 Å². The van der Waals surface area contributed by atoms with Gasteiger partial charge in [-0.05, 0) is 28.8 Å². The highest BCUT2D eigenvalue weighted by molar-refractivity contribution is 9.10. The first-order valence-electron chi connectivity index (χ1n) is 6.93. The molecule has 0 amide bonds. The Morgan fingerprint density at radius 3 is 2.95 bits per heavy atom. The number of hydrogen-bond acceptors (Lipinski definition) is 3. The van der Waals surface area contributed by atoms with Gasteiger partial charge in [-0.2, -0.15) is 0 Å². The Morgan fingerprint density at radius 2 is 2.10 bits per heavy atom. The Hall–Kier alpha value is -1.65. The average molecular weight is 346 g/mol. The molecule has 1 unspecified atom stereocenters. The molecule has 0 saturated heterocycles. The fourth-order valence-corrected chi connectivity index (χ4v) is 3.04. The smallest absolute Gasteiger partial charge is 0.315 e. The standard InChI is InChI=1S/C17H16BrNO2/c18-14-6-3-4-12(8-14)11-21-17(20)16-10-19-9-13-5-1-2-7-15(13)16/h1-8,16,19H,9-11H2. The maximum absolute atomic E-state index is 12.3. The topological polar surface area (TPSA) is 38.3 Å². The molecule has 0 bridgehead atoms. The lowest BCUT2D eigenvalue weighted by atomic mass is 9.91. The zero-order chi connectivity index (χ0) is 14.7. The van der Waals surface area contributed by atoms with Crippen LogP contribution in [0.1, 0.15) is 22.6 Å². The molecule has 3 rings (SSSR count). The molecular weight excluding hydrogens is 330 g/mol. The monoisotopic (exact) mass is 345 g/mol. The number of carbonyl (C=O) groups excluding carboxylic acids is 1. The van der Waals surface area contributed by atoms with E-state index in [1.807, 2.05) is 42.5 Å². The normalized spacial score (nSPS) is 17.1. The summed E-state index contributed by atoms with van der Waals surface area (Å²) < 4.78 is 6.47. The summed E-state index contributed by atoms with van der Waals surface area (Å²) in [6, 6.07) is 15.8. The van der Waals surface area contributed by atoms with Gasteiger partial charge in [0.25, 0.3) is 0 Å². The van der Waals surface area contributed by atoms with Crippen molar-refractivity contribution in [1.82, 2.24) is 5.32 Å². The molecule has 1 atom stereocenters. The maximum atomic E-state index is 12.3. The van der Waals surface area contributed by atoms with Gasteiger partial charge < -0.3 is 10.1 Å². The van der Waals surface area contributed by atoms with Gasteiger partial charge >= 0.3 is 5.97 Å². The Bertz CT molecular complexity index is 657. The summed E-state index contributed by atoms with van der Waals surface area (Å²) in [4.78, 5) is 12.3. The first kappa shape index (κ1) is 14.3. The summed E-state index contributed by atoms with van der Waals surface area (Å²) in [7, 11) is 0. The third kappa shape index (κ3) is 3.34. The van der Waals surface area contributed by atoms with Crippen molar-refractivity contribution in [1.29, 1.82) is 0 Å². The minimum atomic E-state index is -0.220. The zero-order valence-corrected chi connectivity index (χ0v) is 13.1. The van der Waals surface area contributed by atoms with Gasteiger partial charge in [0.05, 0.1) is 5.92 Å². The molecule has 2 aromatic rings. The third-order valence-electron chi connectivity index (χ3n) is 3.65. The van der Waals surface area contributed by atoms with Crippen LogP contribution in [0.5, 0.6) is 0 Å². The highest BCUT2D eigenvalue weighted by Gasteiger charge is 2.27. The van der Waals surface area contributed by atoms with Crippen LogP contribution in [0.3, 0.4) is 0 Å². The minimum absolute atomic E-state index is 0.172. The second-order valence-corrected chi connectivity index (χ2v) is 6.04. The van der Waals surface area contributed by atoms with E-state index in [-0.39, 0.29) is 11.9 Å². The highest BCUT2D eigenvalue weighted by Crippen LogP contribution is 2.25. The molecule has 1 aliphatic rings. The number of esters is 1. The fourth-order valence-electron chi connectivity index (χ4n) is 2.59. The van der Waals surface area contributed by atoms with Gasteiger partial charge in [-0.25, -0.2) is 0 Å². The quantitative estimate of drug-likeness (QED) is 0.866. The van der Waals surface area contributed by atoms with Crippen molar-refractivity contribution in [2.45, 2.75) is 19.1 Å². The van der Waals surface area contributed by atoms with Gasteiger partial charge in [0.1, 0.15) is 6.61 Å². The number of benzene rings is 2. The number of rotatable bonds is 3. The van der Waals surface area contributed by atoms with Crippen LogP contribution in [-0.2, 0) is 22.7 Å². The van der Waals surface area contributed by atoms with Crippen LogP contribution < -0.4 is 5.32 Å². The van der Waals surface area contributed by atoms with Crippen molar-refractivity contribution < 1.29 is 9.53 Å². The Kier molecular flexibility index (Phi) is 4.36. The Morgan fingerprint density at radius 1 is 1.24 bits per heavy atom. The summed E-state index contributed by atoms with van der Waals surface area (Å²) in [6.45, 7) is 1.75. The van der Waals surface area contributed by atoms with E-state index in [9.17, 15) is 4.79 Å². The molecule has 0 fully saturated rings. The van der Waals surface area contributed by atoms with Crippen LogP contribution in [0.25, 0.3) is 0 Å². The molecule has 0 aliphatic carbocycles.